The lowest BCUT2D eigenvalue weighted by molar-refractivity contribution is -0.151. The van der Waals surface area contributed by atoms with Gasteiger partial charge in [-0.05, 0) is 19.3 Å². The number of esters is 1. The Labute approximate surface area is 85.8 Å². The third-order valence-corrected chi connectivity index (χ3v) is 1.77. The van der Waals surface area contributed by atoms with E-state index in [2.05, 4.69) is 13.8 Å². The first-order valence-electron chi connectivity index (χ1n) is 4.92. The summed E-state index contributed by atoms with van der Waals surface area (Å²) < 4.78 is 9.89. The van der Waals surface area contributed by atoms with Crippen molar-refractivity contribution in [3.63, 3.8) is 0 Å². The highest BCUT2D eigenvalue weighted by atomic mass is 16.5. The summed E-state index contributed by atoms with van der Waals surface area (Å²) in [6.07, 6.45) is 0.774. The second-order valence-corrected chi connectivity index (χ2v) is 3.94. The lowest BCUT2D eigenvalue weighted by atomic mass is 10.1. The lowest BCUT2D eigenvalue weighted by Crippen LogP contribution is -2.38. The van der Waals surface area contributed by atoms with Crippen LogP contribution in [0, 0.1) is 5.92 Å². The summed E-state index contributed by atoms with van der Waals surface area (Å²) in [4.78, 5) is 11.3. The van der Waals surface area contributed by atoms with Crippen LogP contribution in [0.15, 0.2) is 0 Å². The van der Waals surface area contributed by atoms with E-state index < -0.39 is 6.04 Å². The van der Waals surface area contributed by atoms with Gasteiger partial charge in [0.2, 0.25) is 0 Å². The SMILES string of the molecule is COCC(N)C(=O)OC(C)CC(C)C. The number of rotatable bonds is 6. The third kappa shape index (κ3) is 5.94. The van der Waals surface area contributed by atoms with Gasteiger partial charge in [0, 0.05) is 7.11 Å². The van der Waals surface area contributed by atoms with Crippen LogP contribution in [0.25, 0.3) is 0 Å². The fourth-order valence-electron chi connectivity index (χ4n) is 1.25. The Morgan fingerprint density at radius 3 is 2.36 bits per heavy atom. The van der Waals surface area contributed by atoms with E-state index in [9.17, 15) is 4.79 Å². The maximum absolute atomic E-state index is 11.3. The third-order valence-electron chi connectivity index (χ3n) is 1.77. The molecule has 0 bridgehead atoms. The van der Waals surface area contributed by atoms with Crippen LogP contribution in [-0.2, 0) is 14.3 Å². The van der Waals surface area contributed by atoms with E-state index in [1.165, 1.54) is 7.11 Å². The molecule has 2 N–H and O–H groups in total. The maximum Gasteiger partial charge on any atom is 0.325 e. The van der Waals surface area contributed by atoms with Crippen molar-refractivity contribution in [2.75, 3.05) is 13.7 Å². The molecule has 0 aliphatic heterocycles. The molecule has 0 amide bonds. The monoisotopic (exact) mass is 203 g/mol. The largest absolute Gasteiger partial charge is 0.461 e. The average Bonchev–Trinajstić information content (AvgIpc) is 2.02. The molecule has 0 spiro atoms. The van der Waals surface area contributed by atoms with Gasteiger partial charge >= 0.3 is 5.97 Å². The Hall–Kier alpha value is -0.610. The highest BCUT2D eigenvalue weighted by molar-refractivity contribution is 5.75. The van der Waals surface area contributed by atoms with E-state index in [1.54, 1.807) is 0 Å². The Balaban J connectivity index is 3.80. The Bertz CT molecular complexity index is 171. The van der Waals surface area contributed by atoms with E-state index in [4.69, 9.17) is 15.2 Å². The van der Waals surface area contributed by atoms with Crippen molar-refractivity contribution in [2.45, 2.75) is 39.3 Å². The molecule has 4 nitrogen and oxygen atoms in total. The maximum atomic E-state index is 11.3. The predicted molar refractivity (Wildman–Crippen MR) is 54.9 cm³/mol. The molecule has 0 aromatic heterocycles. The van der Waals surface area contributed by atoms with Gasteiger partial charge in [0.05, 0.1) is 12.7 Å². The van der Waals surface area contributed by atoms with Gasteiger partial charge in [0.15, 0.2) is 0 Å². The molecule has 2 unspecified atom stereocenters. The van der Waals surface area contributed by atoms with Crippen LogP contribution >= 0.6 is 0 Å². The molecule has 4 heteroatoms. The zero-order valence-electron chi connectivity index (χ0n) is 9.45. The van der Waals surface area contributed by atoms with Crippen molar-refractivity contribution in [1.82, 2.24) is 0 Å². The summed E-state index contributed by atoms with van der Waals surface area (Å²) in [6.45, 7) is 6.24. The van der Waals surface area contributed by atoms with Gasteiger partial charge in [-0.1, -0.05) is 13.8 Å². The van der Waals surface area contributed by atoms with E-state index in [0.29, 0.717) is 5.92 Å². The molecule has 0 aliphatic carbocycles. The first kappa shape index (κ1) is 13.4. The predicted octanol–water partition coefficient (Wildman–Crippen LogP) is 0.938. The molecule has 0 fully saturated rings. The summed E-state index contributed by atoms with van der Waals surface area (Å²) in [6, 6.07) is -0.672. The number of carbonyl (C=O) groups is 1. The number of ether oxygens (including phenoxy) is 2. The summed E-state index contributed by atoms with van der Waals surface area (Å²) in [5, 5.41) is 0. The first-order valence-corrected chi connectivity index (χ1v) is 4.92. The minimum absolute atomic E-state index is 0.0783. The minimum atomic E-state index is -0.672. The first-order chi connectivity index (χ1) is 6.47. The van der Waals surface area contributed by atoms with E-state index in [-0.39, 0.29) is 18.7 Å². The highest BCUT2D eigenvalue weighted by Gasteiger charge is 2.17. The number of carbonyl (C=O) groups excluding carboxylic acids is 1. The zero-order chi connectivity index (χ0) is 11.1. The van der Waals surface area contributed by atoms with Crippen molar-refractivity contribution in [3.05, 3.63) is 0 Å². The average molecular weight is 203 g/mol. The van der Waals surface area contributed by atoms with Crippen molar-refractivity contribution >= 4 is 5.97 Å². The summed E-state index contributed by atoms with van der Waals surface area (Å²) >= 11 is 0. The number of hydrogen-bond donors (Lipinski definition) is 1. The van der Waals surface area contributed by atoms with Gasteiger partial charge in [-0.15, -0.1) is 0 Å². The zero-order valence-corrected chi connectivity index (χ0v) is 9.45. The fraction of sp³-hybridized carbons (Fsp3) is 0.900. The molecule has 0 rings (SSSR count). The van der Waals surface area contributed by atoms with Crippen molar-refractivity contribution < 1.29 is 14.3 Å². The van der Waals surface area contributed by atoms with Gasteiger partial charge < -0.3 is 15.2 Å². The van der Waals surface area contributed by atoms with E-state index >= 15 is 0 Å². The molecule has 0 saturated carbocycles. The fourth-order valence-corrected chi connectivity index (χ4v) is 1.25. The molecule has 84 valence electrons. The molecule has 0 saturated heterocycles. The van der Waals surface area contributed by atoms with Crippen LogP contribution in [0.4, 0.5) is 0 Å². The molecule has 0 aliphatic rings. The van der Waals surface area contributed by atoms with Gasteiger partial charge in [0.1, 0.15) is 6.04 Å². The summed E-state index contributed by atoms with van der Waals surface area (Å²) in [7, 11) is 1.50. The van der Waals surface area contributed by atoms with Gasteiger partial charge in [-0.25, -0.2) is 0 Å². The molecular formula is C10H21NO3. The highest BCUT2D eigenvalue weighted by Crippen LogP contribution is 2.08. The van der Waals surface area contributed by atoms with Crippen LogP contribution in [0.5, 0.6) is 0 Å². The second-order valence-electron chi connectivity index (χ2n) is 3.94. The van der Waals surface area contributed by atoms with Gasteiger partial charge in [-0.3, -0.25) is 4.79 Å². The molecule has 2 atom stereocenters. The van der Waals surface area contributed by atoms with Crippen LogP contribution < -0.4 is 5.73 Å². The standard InChI is InChI=1S/C10H21NO3/c1-7(2)5-8(3)14-10(12)9(11)6-13-4/h7-9H,5-6,11H2,1-4H3. The second kappa shape index (κ2) is 6.79. The molecule has 0 heterocycles. The van der Waals surface area contributed by atoms with E-state index in [0.717, 1.165) is 6.42 Å². The van der Waals surface area contributed by atoms with Crippen LogP contribution in [-0.4, -0.2) is 31.8 Å². The van der Waals surface area contributed by atoms with Crippen LogP contribution in [0.3, 0.4) is 0 Å². The topological polar surface area (TPSA) is 61.5 Å². The van der Waals surface area contributed by atoms with Crippen molar-refractivity contribution in [2.24, 2.45) is 11.7 Å². The molecular weight excluding hydrogens is 182 g/mol. The van der Waals surface area contributed by atoms with Gasteiger partial charge in [0.25, 0.3) is 0 Å². The summed E-state index contributed by atoms with van der Waals surface area (Å²) in [5.74, 6) is 0.122. The molecule has 0 radical (unpaired) electrons. The van der Waals surface area contributed by atoms with Gasteiger partial charge in [-0.2, -0.15) is 0 Å². The number of nitrogens with two attached hydrogens (primary N) is 1. The van der Waals surface area contributed by atoms with E-state index in [1.807, 2.05) is 6.92 Å². The Kier molecular flexibility index (Phi) is 6.49. The molecule has 0 aromatic carbocycles. The molecule has 14 heavy (non-hydrogen) atoms. The van der Waals surface area contributed by atoms with Crippen LogP contribution in [0.1, 0.15) is 27.2 Å². The van der Waals surface area contributed by atoms with Crippen LogP contribution in [0.2, 0.25) is 0 Å². The number of hydrogen-bond acceptors (Lipinski definition) is 4. The quantitative estimate of drug-likeness (QED) is 0.652. The minimum Gasteiger partial charge on any atom is -0.461 e. The smallest absolute Gasteiger partial charge is 0.325 e. The van der Waals surface area contributed by atoms with Crippen molar-refractivity contribution in [1.29, 1.82) is 0 Å². The summed E-state index contributed by atoms with van der Waals surface area (Å²) in [5.41, 5.74) is 5.51. The molecule has 0 aromatic rings. The Morgan fingerprint density at radius 2 is 1.93 bits per heavy atom. The van der Waals surface area contributed by atoms with Crippen molar-refractivity contribution in [3.8, 4) is 0 Å². The lowest BCUT2D eigenvalue weighted by Gasteiger charge is -2.17. The normalized spacial score (nSPS) is 15.3. The number of methoxy groups -OCH3 is 1. The Morgan fingerprint density at radius 1 is 1.36 bits per heavy atom.